The molecule has 3 aromatic carbocycles. The minimum atomic E-state index is -3.56. The van der Waals surface area contributed by atoms with Gasteiger partial charge in [0.25, 0.3) is 0 Å². The standard InChI is InChI=1S/C29H31NO6S/c31-26(17-19-36-28-9-5-4-6-24(28)13-15-29(32)33)14-11-22-10-12-23-16-18-30(21-25(23)20-22)37(34,35)27-7-2-1-3-8-27/h1-12,14,20,26,31H,13,15-19,21H2,(H,32,33)/b14-11+/t26-/m0/s1. The van der Waals surface area contributed by atoms with Gasteiger partial charge < -0.3 is 14.9 Å². The molecular formula is C29H31NO6S. The van der Waals surface area contributed by atoms with E-state index in [4.69, 9.17) is 9.84 Å². The molecule has 0 aliphatic carbocycles. The van der Waals surface area contributed by atoms with Gasteiger partial charge in [-0.25, -0.2) is 8.42 Å². The SMILES string of the molecule is O=C(O)CCc1ccccc1OCC[C@@H](O)/C=C/c1ccc2c(c1)CN(S(=O)(=O)c1ccccc1)CC2. The number of benzene rings is 3. The van der Waals surface area contributed by atoms with Crippen LogP contribution in [0.4, 0.5) is 0 Å². The van der Waals surface area contributed by atoms with Crippen LogP contribution in [0.3, 0.4) is 0 Å². The van der Waals surface area contributed by atoms with Crippen LogP contribution in [0.2, 0.25) is 0 Å². The number of rotatable bonds is 11. The number of aliphatic hydroxyl groups excluding tert-OH is 1. The van der Waals surface area contributed by atoms with E-state index >= 15 is 0 Å². The van der Waals surface area contributed by atoms with Gasteiger partial charge in [-0.2, -0.15) is 4.31 Å². The van der Waals surface area contributed by atoms with Crippen LogP contribution in [0, 0.1) is 0 Å². The third-order valence-corrected chi connectivity index (χ3v) is 8.21. The van der Waals surface area contributed by atoms with Crippen molar-refractivity contribution in [3.05, 3.63) is 101 Å². The first-order valence-corrected chi connectivity index (χ1v) is 13.7. The molecule has 0 saturated carbocycles. The molecule has 1 heterocycles. The number of aliphatic hydroxyl groups is 1. The van der Waals surface area contributed by atoms with Gasteiger partial charge in [0.2, 0.25) is 10.0 Å². The number of carboxylic acid groups (broad SMARTS) is 1. The summed E-state index contributed by atoms with van der Waals surface area (Å²) < 4.78 is 33.4. The Bertz CT molecular complexity index is 1350. The second-order valence-electron chi connectivity index (χ2n) is 8.99. The molecule has 3 aromatic rings. The van der Waals surface area contributed by atoms with Crippen molar-refractivity contribution in [1.29, 1.82) is 0 Å². The fourth-order valence-electron chi connectivity index (χ4n) is 4.30. The Labute approximate surface area is 217 Å². The molecule has 194 valence electrons. The van der Waals surface area contributed by atoms with E-state index in [1.54, 1.807) is 42.5 Å². The number of nitrogens with zero attached hydrogens (tertiary/aromatic N) is 1. The van der Waals surface area contributed by atoms with Crippen molar-refractivity contribution in [2.45, 2.75) is 43.2 Å². The van der Waals surface area contributed by atoms with E-state index in [1.165, 1.54) is 4.31 Å². The number of sulfonamides is 1. The zero-order chi connectivity index (χ0) is 26.3. The first-order valence-electron chi connectivity index (χ1n) is 12.3. The highest BCUT2D eigenvalue weighted by molar-refractivity contribution is 7.89. The Morgan fingerprint density at radius 2 is 1.78 bits per heavy atom. The highest BCUT2D eigenvalue weighted by Gasteiger charge is 2.28. The third kappa shape index (κ3) is 7.07. The van der Waals surface area contributed by atoms with Crippen molar-refractivity contribution in [2.75, 3.05) is 13.2 Å². The van der Waals surface area contributed by atoms with Crippen LogP contribution in [-0.4, -0.2) is 48.2 Å². The maximum atomic E-state index is 13.0. The van der Waals surface area contributed by atoms with Gasteiger partial charge in [0.1, 0.15) is 5.75 Å². The molecule has 0 unspecified atom stereocenters. The number of aryl methyl sites for hydroxylation is 1. The lowest BCUT2D eigenvalue weighted by molar-refractivity contribution is -0.136. The molecule has 4 rings (SSSR count). The Balaban J connectivity index is 1.34. The molecule has 2 N–H and O–H groups in total. The summed E-state index contributed by atoms with van der Waals surface area (Å²) in [6.07, 6.45) is 4.24. The lowest BCUT2D eigenvalue weighted by Crippen LogP contribution is -2.35. The van der Waals surface area contributed by atoms with E-state index in [0.29, 0.717) is 43.0 Å². The second-order valence-corrected chi connectivity index (χ2v) is 10.9. The second kappa shape index (κ2) is 12.2. The molecule has 1 aliphatic heterocycles. The van der Waals surface area contributed by atoms with Gasteiger partial charge in [0.15, 0.2) is 0 Å². The first kappa shape index (κ1) is 26.6. The van der Waals surface area contributed by atoms with Crippen LogP contribution >= 0.6 is 0 Å². The molecule has 0 bridgehead atoms. The highest BCUT2D eigenvalue weighted by Crippen LogP contribution is 2.26. The van der Waals surface area contributed by atoms with Crippen LogP contribution in [0.1, 0.15) is 35.1 Å². The number of carboxylic acids is 1. The van der Waals surface area contributed by atoms with E-state index in [2.05, 4.69) is 0 Å². The fourth-order valence-corrected chi connectivity index (χ4v) is 5.74. The van der Waals surface area contributed by atoms with Crippen LogP contribution in [-0.2, 0) is 34.2 Å². The summed E-state index contributed by atoms with van der Waals surface area (Å²) in [5, 5.41) is 19.3. The predicted molar refractivity (Wildman–Crippen MR) is 142 cm³/mol. The minimum Gasteiger partial charge on any atom is -0.493 e. The first-order chi connectivity index (χ1) is 17.8. The normalized spacial score (nSPS) is 14.8. The molecule has 0 saturated heterocycles. The molecule has 0 aromatic heterocycles. The van der Waals surface area contributed by atoms with Crippen LogP contribution in [0.25, 0.3) is 6.08 Å². The van der Waals surface area contributed by atoms with Crippen LogP contribution in [0.15, 0.2) is 83.8 Å². The van der Waals surface area contributed by atoms with E-state index in [9.17, 15) is 18.3 Å². The molecule has 37 heavy (non-hydrogen) atoms. The maximum absolute atomic E-state index is 13.0. The summed E-state index contributed by atoms with van der Waals surface area (Å²) in [4.78, 5) is 11.2. The number of hydrogen-bond donors (Lipinski definition) is 2. The lowest BCUT2D eigenvalue weighted by Gasteiger charge is -2.28. The van der Waals surface area contributed by atoms with Gasteiger partial charge in [0.05, 0.1) is 17.6 Å². The maximum Gasteiger partial charge on any atom is 0.303 e. The summed E-state index contributed by atoms with van der Waals surface area (Å²) in [6, 6.07) is 21.8. The number of ether oxygens (including phenoxy) is 1. The van der Waals surface area contributed by atoms with Gasteiger partial charge in [-0.1, -0.05) is 66.7 Å². The van der Waals surface area contributed by atoms with E-state index in [1.807, 2.05) is 42.5 Å². The molecule has 0 fully saturated rings. The smallest absolute Gasteiger partial charge is 0.303 e. The van der Waals surface area contributed by atoms with Gasteiger partial charge >= 0.3 is 5.97 Å². The molecular weight excluding hydrogens is 490 g/mol. The quantitative estimate of drug-likeness (QED) is 0.390. The Kier molecular flexibility index (Phi) is 8.76. The van der Waals surface area contributed by atoms with Crippen molar-refractivity contribution >= 4 is 22.1 Å². The molecule has 0 amide bonds. The topological polar surface area (TPSA) is 104 Å². The lowest BCUT2D eigenvalue weighted by atomic mass is 9.98. The highest BCUT2D eigenvalue weighted by atomic mass is 32.2. The van der Waals surface area contributed by atoms with Gasteiger partial charge in [-0.15, -0.1) is 0 Å². The average molecular weight is 522 g/mol. The van der Waals surface area contributed by atoms with Crippen molar-refractivity contribution < 1.29 is 28.2 Å². The molecule has 0 radical (unpaired) electrons. The number of fused-ring (bicyclic) bond motifs is 1. The zero-order valence-corrected chi connectivity index (χ0v) is 21.3. The number of carbonyl (C=O) groups is 1. The van der Waals surface area contributed by atoms with Crippen molar-refractivity contribution in [2.24, 2.45) is 0 Å². The van der Waals surface area contributed by atoms with Gasteiger partial charge in [-0.05, 0) is 53.3 Å². The van der Waals surface area contributed by atoms with Gasteiger partial charge in [0, 0.05) is 25.9 Å². The summed E-state index contributed by atoms with van der Waals surface area (Å²) in [5.74, 6) is -0.229. The van der Waals surface area contributed by atoms with E-state index in [0.717, 1.165) is 22.3 Å². The van der Waals surface area contributed by atoms with Crippen LogP contribution in [0.5, 0.6) is 5.75 Å². The molecule has 1 aliphatic rings. The largest absolute Gasteiger partial charge is 0.493 e. The van der Waals surface area contributed by atoms with Crippen molar-refractivity contribution in [1.82, 2.24) is 4.31 Å². The predicted octanol–water partition coefficient (Wildman–Crippen LogP) is 4.29. The monoisotopic (exact) mass is 521 g/mol. The number of hydrogen-bond acceptors (Lipinski definition) is 5. The molecule has 8 heteroatoms. The molecule has 1 atom stereocenters. The summed E-state index contributed by atoms with van der Waals surface area (Å²) in [5.41, 5.74) is 3.81. The Morgan fingerprint density at radius 1 is 1.03 bits per heavy atom. The Morgan fingerprint density at radius 3 is 2.57 bits per heavy atom. The molecule has 0 spiro atoms. The van der Waals surface area contributed by atoms with Crippen molar-refractivity contribution in [3.63, 3.8) is 0 Å². The third-order valence-electron chi connectivity index (χ3n) is 6.35. The van der Waals surface area contributed by atoms with E-state index in [-0.39, 0.29) is 13.0 Å². The zero-order valence-electron chi connectivity index (χ0n) is 20.5. The Hall–Kier alpha value is -3.46. The van der Waals surface area contributed by atoms with Crippen LogP contribution < -0.4 is 4.74 Å². The summed E-state index contributed by atoms with van der Waals surface area (Å²) >= 11 is 0. The van der Waals surface area contributed by atoms with E-state index < -0.39 is 22.1 Å². The summed E-state index contributed by atoms with van der Waals surface area (Å²) in [6.45, 7) is 1.04. The van der Waals surface area contributed by atoms with Gasteiger partial charge in [-0.3, -0.25) is 4.79 Å². The van der Waals surface area contributed by atoms with Crippen molar-refractivity contribution in [3.8, 4) is 5.75 Å². The average Bonchev–Trinajstić information content (AvgIpc) is 2.91. The molecule has 7 nitrogen and oxygen atoms in total. The fraction of sp³-hybridized carbons (Fsp3) is 0.276. The number of para-hydroxylation sites is 1. The summed E-state index contributed by atoms with van der Waals surface area (Å²) in [7, 11) is -3.56. The minimum absolute atomic E-state index is 0.0302. The number of aliphatic carboxylic acids is 1.